The summed E-state index contributed by atoms with van der Waals surface area (Å²) in [5.41, 5.74) is 0.424. The van der Waals surface area contributed by atoms with Gasteiger partial charge in [0.05, 0.1) is 7.11 Å². The van der Waals surface area contributed by atoms with Gasteiger partial charge in [-0.1, -0.05) is 6.07 Å². The number of aliphatic carboxylic acids is 1. The molecule has 6 nitrogen and oxygen atoms in total. The molecule has 0 aromatic heterocycles. The van der Waals surface area contributed by atoms with E-state index in [4.69, 9.17) is 9.84 Å². The normalized spacial score (nSPS) is 11.6. The van der Waals surface area contributed by atoms with Crippen molar-refractivity contribution in [3.8, 4) is 11.5 Å². The Balaban J connectivity index is 2.85. The van der Waals surface area contributed by atoms with Crippen molar-refractivity contribution in [3.63, 3.8) is 0 Å². The number of aromatic hydroxyl groups is 1. The molecule has 0 aliphatic carbocycles. The molecule has 6 heteroatoms. The van der Waals surface area contributed by atoms with Crippen molar-refractivity contribution in [1.82, 2.24) is 5.32 Å². The van der Waals surface area contributed by atoms with Crippen LogP contribution in [0.25, 0.3) is 0 Å². The molecule has 0 fully saturated rings. The molecule has 3 N–H and O–H groups in total. The SMILES string of the molecule is COc1ccc(CC(NC=O)C(=O)O)c(O)c1. The number of ether oxygens (including phenoxy) is 1. The van der Waals surface area contributed by atoms with E-state index in [1.807, 2.05) is 0 Å². The second-order valence-electron chi connectivity index (χ2n) is 3.37. The molecule has 92 valence electrons. The van der Waals surface area contributed by atoms with Gasteiger partial charge in [-0.2, -0.15) is 0 Å². The number of methoxy groups -OCH3 is 1. The molecule has 1 rings (SSSR count). The highest BCUT2D eigenvalue weighted by molar-refractivity contribution is 5.76. The van der Waals surface area contributed by atoms with Gasteiger partial charge in [0.2, 0.25) is 6.41 Å². The van der Waals surface area contributed by atoms with Crippen molar-refractivity contribution in [2.75, 3.05) is 7.11 Å². The second kappa shape index (κ2) is 5.74. The van der Waals surface area contributed by atoms with Crippen molar-refractivity contribution in [1.29, 1.82) is 0 Å². The quantitative estimate of drug-likeness (QED) is 0.614. The number of phenolic OH excluding ortho intramolecular Hbond substituents is 1. The second-order valence-corrected chi connectivity index (χ2v) is 3.37. The molecule has 1 aromatic rings. The third kappa shape index (κ3) is 3.37. The molecule has 1 atom stereocenters. The summed E-state index contributed by atoms with van der Waals surface area (Å²) in [6, 6.07) is 3.48. The number of carboxylic acid groups (broad SMARTS) is 1. The minimum atomic E-state index is -1.16. The summed E-state index contributed by atoms with van der Waals surface area (Å²) in [6.45, 7) is 0. The Labute approximate surface area is 97.8 Å². The van der Waals surface area contributed by atoms with E-state index in [9.17, 15) is 14.7 Å². The molecule has 0 aliphatic heterocycles. The number of carboxylic acids is 1. The summed E-state index contributed by atoms with van der Waals surface area (Å²) >= 11 is 0. The maximum atomic E-state index is 10.8. The molecule has 0 radical (unpaired) electrons. The van der Waals surface area contributed by atoms with Gasteiger partial charge < -0.3 is 20.3 Å². The Kier molecular flexibility index (Phi) is 4.33. The van der Waals surface area contributed by atoms with Crippen LogP contribution in [-0.4, -0.2) is 35.7 Å². The maximum Gasteiger partial charge on any atom is 0.326 e. The molecule has 1 aromatic carbocycles. The van der Waals surface area contributed by atoms with E-state index in [0.717, 1.165) is 0 Å². The van der Waals surface area contributed by atoms with Crippen molar-refractivity contribution in [3.05, 3.63) is 23.8 Å². The van der Waals surface area contributed by atoms with Crippen molar-refractivity contribution in [2.45, 2.75) is 12.5 Å². The number of amides is 1. The van der Waals surface area contributed by atoms with E-state index in [0.29, 0.717) is 17.7 Å². The number of carbonyl (C=O) groups is 2. The lowest BCUT2D eigenvalue weighted by molar-refractivity contribution is -0.140. The van der Waals surface area contributed by atoms with Gasteiger partial charge >= 0.3 is 5.97 Å². The number of rotatable bonds is 6. The predicted molar refractivity (Wildman–Crippen MR) is 59.0 cm³/mol. The Morgan fingerprint density at radius 2 is 2.29 bits per heavy atom. The molecule has 1 amide bonds. The van der Waals surface area contributed by atoms with Gasteiger partial charge in [0.15, 0.2) is 0 Å². The largest absolute Gasteiger partial charge is 0.508 e. The fourth-order valence-corrected chi connectivity index (χ4v) is 1.36. The van der Waals surface area contributed by atoms with Gasteiger partial charge in [0, 0.05) is 12.5 Å². The van der Waals surface area contributed by atoms with Crippen LogP contribution in [0.1, 0.15) is 5.56 Å². The molecule has 0 aliphatic rings. The third-order valence-corrected chi connectivity index (χ3v) is 2.28. The summed E-state index contributed by atoms with van der Waals surface area (Å²) in [7, 11) is 1.46. The average Bonchev–Trinajstić information content (AvgIpc) is 2.30. The first-order valence-corrected chi connectivity index (χ1v) is 4.87. The number of benzene rings is 1. The molecular weight excluding hydrogens is 226 g/mol. The first-order chi connectivity index (χ1) is 8.08. The molecule has 1 unspecified atom stereocenters. The minimum Gasteiger partial charge on any atom is -0.508 e. The van der Waals surface area contributed by atoms with E-state index in [1.54, 1.807) is 12.1 Å². The van der Waals surface area contributed by atoms with E-state index < -0.39 is 12.0 Å². The third-order valence-electron chi connectivity index (χ3n) is 2.28. The van der Waals surface area contributed by atoms with Crippen LogP contribution >= 0.6 is 0 Å². The van der Waals surface area contributed by atoms with Crippen LogP contribution in [0, 0.1) is 0 Å². The number of phenols is 1. The highest BCUT2D eigenvalue weighted by Gasteiger charge is 2.18. The fraction of sp³-hybridized carbons (Fsp3) is 0.273. The molecule has 0 saturated carbocycles. The van der Waals surface area contributed by atoms with Gasteiger partial charge in [0.25, 0.3) is 0 Å². The molecule has 0 spiro atoms. The summed E-state index contributed by atoms with van der Waals surface area (Å²) in [5, 5.41) is 20.6. The molecular formula is C11H13NO5. The first-order valence-electron chi connectivity index (χ1n) is 4.87. The van der Waals surface area contributed by atoms with E-state index in [1.165, 1.54) is 13.2 Å². The highest BCUT2D eigenvalue weighted by Crippen LogP contribution is 2.24. The zero-order chi connectivity index (χ0) is 12.8. The zero-order valence-electron chi connectivity index (χ0n) is 9.21. The lowest BCUT2D eigenvalue weighted by Gasteiger charge is -2.12. The van der Waals surface area contributed by atoms with Crippen LogP contribution in [0.5, 0.6) is 11.5 Å². The van der Waals surface area contributed by atoms with Crippen LogP contribution < -0.4 is 10.1 Å². The molecule has 0 bridgehead atoms. The van der Waals surface area contributed by atoms with E-state index >= 15 is 0 Å². The van der Waals surface area contributed by atoms with Crippen LogP contribution in [0.2, 0.25) is 0 Å². The number of hydrogen-bond donors (Lipinski definition) is 3. The zero-order valence-corrected chi connectivity index (χ0v) is 9.21. The summed E-state index contributed by atoms with van der Waals surface area (Å²) in [6.07, 6.45) is 0.323. The van der Waals surface area contributed by atoms with E-state index in [2.05, 4.69) is 5.32 Å². The molecule has 17 heavy (non-hydrogen) atoms. The Bertz CT molecular complexity index is 418. The number of carbonyl (C=O) groups excluding carboxylic acids is 1. The first kappa shape index (κ1) is 12.8. The molecule has 0 saturated heterocycles. The van der Waals surface area contributed by atoms with Crippen molar-refractivity contribution >= 4 is 12.4 Å². The van der Waals surface area contributed by atoms with Gasteiger partial charge in [0.1, 0.15) is 17.5 Å². The fourth-order valence-electron chi connectivity index (χ4n) is 1.36. The highest BCUT2D eigenvalue weighted by atomic mass is 16.5. The standard InChI is InChI=1S/C11H13NO5/c1-17-8-3-2-7(10(14)5-8)4-9(11(15)16)12-6-13/h2-3,5-6,9,14H,4H2,1H3,(H,12,13)(H,15,16). The van der Waals surface area contributed by atoms with Gasteiger partial charge in [-0.05, 0) is 11.6 Å². The van der Waals surface area contributed by atoms with Crippen LogP contribution in [0.15, 0.2) is 18.2 Å². The number of hydrogen-bond acceptors (Lipinski definition) is 4. The van der Waals surface area contributed by atoms with Gasteiger partial charge in [-0.15, -0.1) is 0 Å². The lowest BCUT2D eigenvalue weighted by atomic mass is 10.0. The van der Waals surface area contributed by atoms with Crippen LogP contribution in [-0.2, 0) is 16.0 Å². The topological polar surface area (TPSA) is 95.9 Å². The Hall–Kier alpha value is -2.24. The maximum absolute atomic E-state index is 10.8. The average molecular weight is 239 g/mol. The lowest BCUT2D eigenvalue weighted by Crippen LogP contribution is -2.37. The van der Waals surface area contributed by atoms with Crippen LogP contribution in [0.4, 0.5) is 0 Å². The summed E-state index contributed by atoms with van der Waals surface area (Å²) in [4.78, 5) is 21.0. The van der Waals surface area contributed by atoms with Crippen molar-refractivity contribution in [2.24, 2.45) is 0 Å². The van der Waals surface area contributed by atoms with Gasteiger partial charge in [-0.3, -0.25) is 4.79 Å². The molecule has 0 heterocycles. The smallest absolute Gasteiger partial charge is 0.326 e. The van der Waals surface area contributed by atoms with Crippen molar-refractivity contribution < 1.29 is 24.5 Å². The van der Waals surface area contributed by atoms with Crippen LogP contribution in [0.3, 0.4) is 0 Å². The Morgan fingerprint density at radius 1 is 1.59 bits per heavy atom. The van der Waals surface area contributed by atoms with Gasteiger partial charge in [-0.25, -0.2) is 4.79 Å². The summed E-state index contributed by atoms with van der Waals surface area (Å²) in [5.74, 6) is -0.753. The van der Waals surface area contributed by atoms with E-state index in [-0.39, 0.29) is 12.2 Å². The Morgan fingerprint density at radius 3 is 2.76 bits per heavy atom. The summed E-state index contributed by atoms with van der Waals surface area (Å²) < 4.78 is 4.90. The predicted octanol–water partition coefficient (Wildman–Crippen LogP) is 0.142. The number of nitrogens with one attached hydrogen (secondary N) is 1. The minimum absolute atomic E-state index is 0.00387. The monoisotopic (exact) mass is 239 g/mol.